The Morgan fingerprint density at radius 2 is 2.28 bits per heavy atom. The van der Waals surface area contributed by atoms with E-state index in [1.807, 2.05) is 0 Å². The molecule has 5 nitrogen and oxygen atoms in total. The van der Waals surface area contributed by atoms with Gasteiger partial charge in [-0.25, -0.2) is 4.98 Å². The molecule has 0 aromatic carbocycles. The largest absolute Gasteiger partial charge is 0.359 e. The highest BCUT2D eigenvalue weighted by molar-refractivity contribution is 5.78. The lowest BCUT2D eigenvalue weighted by atomic mass is 9.96. The third-order valence-electron chi connectivity index (χ3n) is 3.31. The summed E-state index contributed by atoms with van der Waals surface area (Å²) in [5.74, 6) is 1.04. The Hall–Kier alpha value is -2.09. The van der Waals surface area contributed by atoms with Gasteiger partial charge in [0.15, 0.2) is 0 Å². The Balaban J connectivity index is 2.01. The van der Waals surface area contributed by atoms with Crippen LogP contribution in [0.5, 0.6) is 0 Å². The van der Waals surface area contributed by atoms with Crippen molar-refractivity contribution >= 4 is 11.7 Å². The Morgan fingerprint density at radius 1 is 1.56 bits per heavy atom. The van der Waals surface area contributed by atoms with Gasteiger partial charge in [-0.3, -0.25) is 4.79 Å². The zero-order valence-corrected chi connectivity index (χ0v) is 10.4. The van der Waals surface area contributed by atoms with E-state index in [-0.39, 0.29) is 11.8 Å². The van der Waals surface area contributed by atoms with Crippen molar-refractivity contribution in [3.8, 4) is 6.07 Å². The van der Waals surface area contributed by atoms with E-state index in [2.05, 4.69) is 21.3 Å². The molecule has 0 spiro atoms. The van der Waals surface area contributed by atoms with Gasteiger partial charge in [-0.1, -0.05) is 0 Å². The van der Waals surface area contributed by atoms with E-state index in [1.165, 1.54) is 0 Å². The van der Waals surface area contributed by atoms with Crippen molar-refractivity contribution in [2.24, 2.45) is 5.92 Å². The van der Waals surface area contributed by atoms with E-state index in [9.17, 15) is 4.79 Å². The molecule has 1 aliphatic heterocycles. The average molecular weight is 244 g/mol. The number of pyridine rings is 1. The monoisotopic (exact) mass is 244 g/mol. The van der Waals surface area contributed by atoms with Crippen molar-refractivity contribution in [2.45, 2.75) is 12.8 Å². The molecule has 0 unspecified atom stereocenters. The first-order chi connectivity index (χ1) is 8.74. The van der Waals surface area contributed by atoms with Gasteiger partial charge >= 0.3 is 0 Å². The Kier molecular flexibility index (Phi) is 3.78. The highest BCUT2D eigenvalue weighted by Crippen LogP contribution is 2.22. The number of aromatic nitrogens is 1. The minimum absolute atomic E-state index is 0.102. The van der Waals surface area contributed by atoms with E-state index < -0.39 is 0 Å². The van der Waals surface area contributed by atoms with Crippen molar-refractivity contribution in [1.82, 2.24) is 10.3 Å². The maximum absolute atomic E-state index is 11.5. The molecule has 1 N–H and O–H groups in total. The number of piperidine rings is 1. The number of carbonyl (C=O) groups is 1. The molecular weight excluding hydrogens is 228 g/mol. The van der Waals surface area contributed by atoms with Crippen LogP contribution in [-0.4, -0.2) is 31.0 Å². The fraction of sp³-hybridized carbons (Fsp3) is 0.462. The van der Waals surface area contributed by atoms with Crippen LogP contribution < -0.4 is 10.2 Å². The summed E-state index contributed by atoms with van der Waals surface area (Å²) in [5.41, 5.74) is 0.619. The molecule has 94 valence electrons. The SMILES string of the molecule is CNC(=O)C1CCN(c2cc(C#N)ccn2)CC1. The molecule has 0 bridgehead atoms. The van der Waals surface area contributed by atoms with Gasteiger partial charge < -0.3 is 10.2 Å². The second-order valence-electron chi connectivity index (χ2n) is 4.39. The van der Waals surface area contributed by atoms with Crippen LogP contribution in [0.2, 0.25) is 0 Å². The molecule has 5 heteroatoms. The van der Waals surface area contributed by atoms with Crippen molar-refractivity contribution < 1.29 is 4.79 Å². The van der Waals surface area contributed by atoms with Crippen LogP contribution in [0.4, 0.5) is 5.82 Å². The maximum atomic E-state index is 11.5. The van der Waals surface area contributed by atoms with Gasteiger partial charge in [0.1, 0.15) is 5.82 Å². The summed E-state index contributed by atoms with van der Waals surface area (Å²) in [6.45, 7) is 1.61. The van der Waals surface area contributed by atoms with Crippen LogP contribution in [0.3, 0.4) is 0 Å². The van der Waals surface area contributed by atoms with E-state index in [0.29, 0.717) is 5.56 Å². The predicted molar refractivity (Wildman–Crippen MR) is 68.0 cm³/mol. The quantitative estimate of drug-likeness (QED) is 0.839. The zero-order valence-electron chi connectivity index (χ0n) is 10.4. The molecule has 0 saturated carbocycles. The first kappa shape index (κ1) is 12.4. The van der Waals surface area contributed by atoms with Gasteiger partial charge in [0, 0.05) is 32.3 Å². The molecule has 1 aliphatic rings. The summed E-state index contributed by atoms with van der Waals surface area (Å²) in [6, 6.07) is 5.60. The number of amides is 1. The van der Waals surface area contributed by atoms with Crippen molar-refractivity contribution in [1.29, 1.82) is 5.26 Å². The number of nitrogens with zero attached hydrogens (tertiary/aromatic N) is 3. The van der Waals surface area contributed by atoms with Crippen LogP contribution in [0.1, 0.15) is 18.4 Å². The Morgan fingerprint density at radius 3 is 2.89 bits per heavy atom. The standard InChI is InChI=1S/C13H16N4O/c1-15-13(18)11-3-6-17(7-4-11)12-8-10(9-14)2-5-16-12/h2,5,8,11H,3-4,6-7H2,1H3,(H,15,18). The Labute approximate surface area is 106 Å². The zero-order chi connectivity index (χ0) is 13.0. The van der Waals surface area contributed by atoms with Gasteiger partial charge in [0.2, 0.25) is 5.91 Å². The second kappa shape index (κ2) is 5.50. The molecular formula is C13H16N4O. The lowest BCUT2D eigenvalue weighted by molar-refractivity contribution is -0.125. The molecule has 2 rings (SSSR count). The molecule has 1 aromatic rings. The van der Waals surface area contributed by atoms with Gasteiger partial charge in [-0.05, 0) is 25.0 Å². The molecule has 1 fully saturated rings. The molecule has 1 amide bonds. The number of rotatable bonds is 2. The van der Waals surface area contributed by atoms with Crippen LogP contribution in [0.15, 0.2) is 18.3 Å². The summed E-state index contributed by atoms with van der Waals surface area (Å²) < 4.78 is 0. The minimum atomic E-state index is 0.102. The molecule has 0 atom stereocenters. The van der Waals surface area contributed by atoms with Crippen molar-refractivity contribution in [2.75, 3.05) is 25.0 Å². The third kappa shape index (κ3) is 2.59. The summed E-state index contributed by atoms with van der Waals surface area (Å²) in [7, 11) is 1.67. The molecule has 1 aromatic heterocycles. The number of carbonyl (C=O) groups excluding carboxylic acids is 1. The molecule has 1 saturated heterocycles. The third-order valence-corrected chi connectivity index (χ3v) is 3.31. The summed E-state index contributed by atoms with van der Waals surface area (Å²) >= 11 is 0. The fourth-order valence-electron chi connectivity index (χ4n) is 2.24. The summed E-state index contributed by atoms with van der Waals surface area (Å²) in [4.78, 5) is 17.9. The Bertz CT molecular complexity index is 472. The highest BCUT2D eigenvalue weighted by atomic mass is 16.1. The average Bonchev–Trinajstić information content (AvgIpc) is 2.46. The van der Waals surface area contributed by atoms with Gasteiger partial charge in [-0.2, -0.15) is 5.26 Å². The summed E-state index contributed by atoms with van der Waals surface area (Å²) in [6.07, 6.45) is 3.31. The predicted octanol–water partition coefficient (Wildman–Crippen LogP) is 0.916. The first-order valence-corrected chi connectivity index (χ1v) is 6.07. The molecule has 0 radical (unpaired) electrons. The lowest BCUT2D eigenvalue weighted by Gasteiger charge is -2.31. The smallest absolute Gasteiger partial charge is 0.222 e. The summed E-state index contributed by atoms with van der Waals surface area (Å²) in [5, 5.41) is 11.5. The first-order valence-electron chi connectivity index (χ1n) is 6.07. The maximum Gasteiger partial charge on any atom is 0.222 e. The number of hydrogen-bond donors (Lipinski definition) is 1. The number of nitrogens with one attached hydrogen (secondary N) is 1. The normalized spacial score (nSPS) is 16.1. The van der Waals surface area contributed by atoms with E-state index >= 15 is 0 Å². The van der Waals surface area contributed by atoms with Crippen LogP contribution >= 0.6 is 0 Å². The fourth-order valence-corrected chi connectivity index (χ4v) is 2.24. The van der Waals surface area contributed by atoms with E-state index in [0.717, 1.165) is 31.7 Å². The number of hydrogen-bond acceptors (Lipinski definition) is 4. The van der Waals surface area contributed by atoms with Crippen molar-refractivity contribution in [3.63, 3.8) is 0 Å². The van der Waals surface area contributed by atoms with E-state index in [4.69, 9.17) is 5.26 Å². The highest BCUT2D eigenvalue weighted by Gasteiger charge is 2.24. The van der Waals surface area contributed by atoms with Gasteiger partial charge in [0.05, 0.1) is 11.6 Å². The van der Waals surface area contributed by atoms with Crippen molar-refractivity contribution in [3.05, 3.63) is 23.9 Å². The minimum Gasteiger partial charge on any atom is -0.359 e. The topological polar surface area (TPSA) is 69.0 Å². The second-order valence-corrected chi connectivity index (χ2v) is 4.39. The van der Waals surface area contributed by atoms with Gasteiger partial charge in [-0.15, -0.1) is 0 Å². The van der Waals surface area contributed by atoms with Gasteiger partial charge in [0.25, 0.3) is 0 Å². The number of anilines is 1. The van der Waals surface area contributed by atoms with Crippen LogP contribution in [0.25, 0.3) is 0 Å². The molecule has 0 aliphatic carbocycles. The van der Waals surface area contributed by atoms with Crippen LogP contribution in [0, 0.1) is 17.2 Å². The molecule has 18 heavy (non-hydrogen) atoms. The lowest BCUT2D eigenvalue weighted by Crippen LogP contribution is -2.39. The molecule has 2 heterocycles. The van der Waals surface area contributed by atoms with E-state index in [1.54, 1.807) is 25.4 Å². The number of nitriles is 1. The van der Waals surface area contributed by atoms with Crippen LogP contribution in [-0.2, 0) is 4.79 Å².